The predicted octanol–water partition coefficient (Wildman–Crippen LogP) is 3.73. The minimum Gasteiger partial charge on any atom is -0.447 e. The molecule has 2 rings (SSSR count). The molecule has 2 atom stereocenters. The largest absolute Gasteiger partial charge is 0.447 e. The number of amides is 1. The molecule has 0 saturated carbocycles. The van der Waals surface area contributed by atoms with Crippen molar-refractivity contribution in [2.75, 3.05) is 31.6 Å². The fraction of sp³-hybridized carbons (Fsp3) is 0.611. The van der Waals surface area contributed by atoms with Gasteiger partial charge in [0.2, 0.25) is 13.8 Å². The van der Waals surface area contributed by atoms with E-state index >= 15 is 0 Å². The van der Waals surface area contributed by atoms with Gasteiger partial charge in [-0.3, -0.25) is 5.32 Å². The van der Waals surface area contributed by atoms with Crippen LogP contribution in [0.5, 0.6) is 0 Å². The van der Waals surface area contributed by atoms with Gasteiger partial charge in [0.25, 0.3) is 0 Å². The van der Waals surface area contributed by atoms with Gasteiger partial charge in [-0.25, -0.2) is 13.2 Å². The van der Waals surface area contributed by atoms with Gasteiger partial charge in [-0.05, 0) is 31.0 Å². The van der Waals surface area contributed by atoms with Gasteiger partial charge in [-0.2, -0.15) is 4.31 Å². The minimum atomic E-state index is -3.67. The van der Waals surface area contributed by atoms with Gasteiger partial charge in [0.15, 0.2) is 0 Å². The van der Waals surface area contributed by atoms with Crippen LogP contribution >= 0.6 is 34.8 Å². The summed E-state index contributed by atoms with van der Waals surface area (Å²) in [6.07, 6.45) is -0.377. The van der Waals surface area contributed by atoms with Crippen molar-refractivity contribution in [3.63, 3.8) is 0 Å². The van der Waals surface area contributed by atoms with Crippen LogP contribution in [0.1, 0.15) is 26.7 Å². The zero-order valence-corrected chi connectivity index (χ0v) is 19.8. The number of carbonyl (C=O) groups excluding carboxylic acids is 1. The van der Waals surface area contributed by atoms with Crippen molar-refractivity contribution in [1.29, 1.82) is 0 Å². The number of carbonyl (C=O) groups is 1. The number of nitrogens with zero attached hydrogens (tertiary/aromatic N) is 1. The number of rotatable bonds is 9. The Balaban J connectivity index is 2.10. The number of hydrogen-bond donors (Lipinski definition) is 2. The minimum absolute atomic E-state index is 0.0835. The molecule has 1 aromatic rings. The van der Waals surface area contributed by atoms with Crippen molar-refractivity contribution in [3.05, 3.63) is 24.3 Å². The molecule has 2 unspecified atom stereocenters. The highest BCUT2D eigenvalue weighted by Crippen LogP contribution is 2.31. The molecular weight excluding hydrogens is 477 g/mol. The van der Waals surface area contributed by atoms with Crippen LogP contribution in [0.4, 0.5) is 10.5 Å². The quantitative estimate of drug-likeness (QED) is 0.394. The van der Waals surface area contributed by atoms with Crippen molar-refractivity contribution < 1.29 is 22.7 Å². The number of benzene rings is 1. The van der Waals surface area contributed by atoms with Crippen LogP contribution in [-0.4, -0.2) is 61.2 Å². The summed E-state index contributed by atoms with van der Waals surface area (Å²) in [6.45, 7) is 4.93. The van der Waals surface area contributed by atoms with Gasteiger partial charge in [-0.15, -0.1) is 0 Å². The standard InChI is InChI=1S/C18H26Cl3N3O5S/c1-3-24(4-2)30(26,27)15-9-5-7-13(11-15)22-16(18(19,20)21)23-17(25)29-12-14-8-6-10-28-14/h5,7,9,11,14,16,22H,3-4,6,8,10,12H2,1-2H3,(H,23,25). The van der Waals surface area contributed by atoms with E-state index in [1.165, 1.54) is 16.4 Å². The van der Waals surface area contributed by atoms with E-state index in [4.69, 9.17) is 44.3 Å². The number of sulfonamides is 1. The molecule has 0 aromatic heterocycles. The molecule has 0 aliphatic carbocycles. The number of alkyl carbamates (subject to hydrolysis) is 1. The van der Waals surface area contributed by atoms with E-state index in [2.05, 4.69) is 10.6 Å². The van der Waals surface area contributed by atoms with Gasteiger partial charge in [0, 0.05) is 25.4 Å². The van der Waals surface area contributed by atoms with Crippen molar-refractivity contribution >= 4 is 56.6 Å². The Morgan fingerprint density at radius 3 is 2.60 bits per heavy atom. The Bertz CT molecular complexity index is 810. The Morgan fingerprint density at radius 1 is 1.33 bits per heavy atom. The Labute approximate surface area is 192 Å². The number of hydrogen-bond acceptors (Lipinski definition) is 6. The molecule has 1 amide bonds. The highest BCUT2D eigenvalue weighted by atomic mass is 35.6. The molecule has 30 heavy (non-hydrogen) atoms. The van der Waals surface area contributed by atoms with Gasteiger partial charge in [0.1, 0.15) is 12.8 Å². The summed E-state index contributed by atoms with van der Waals surface area (Å²) in [5.41, 5.74) is 0.346. The highest BCUT2D eigenvalue weighted by Gasteiger charge is 2.35. The summed E-state index contributed by atoms with van der Waals surface area (Å²) in [4.78, 5) is 12.2. The predicted molar refractivity (Wildman–Crippen MR) is 118 cm³/mol. The molecule has 2 N–H and O–H groups in total. The lowest BCUT2D eigenvalue weighted by molar-refractivity contribution is 0.0432. The SMILES string of the molecule is CCN(CC)S(=O)(=O)c1cccc(NC(NC(=O)OCC2CCCO2)C(Cl)(Cl)Cl)c1. The monoisotopic (exact) mass is 501 g/mol. The van der Waals surface area contributed by atoms with E-state index < -0.39 is 26.1 Å². The van der Waals surface area contributed by atoms with Crippen LogP contribution in [0.3, 0.4) is 0 Å². The summed E-state index contributed by atoms with van der Waals surface area (Å²) in [6, 6.07) is 6.05. The maximum absolute atomic E-state index is 12.7. The van der Waals surface area contributed by atoms with Crippen molar-refractivity contribution in [3.8, 4) is 0 Å². The lowest BCUT2D eigenvalue weighted by Gasteiger charge is -2.27. The van der Waals surface area contributed by atoms with Gasteiger partial charge < -0.3 is 14.8 Å². The number of ether oxygens (including phenoxy) is 2. The summed E-state index contributed by atoms with van der Waals surface area (Å²) < 4.78 is 35.4. The van der Waals surface area contributed by atoms with E-state index in [0.717, 1.165) is 12.8 Å². The zero-order valence-electron chi connectivity index (χ0n) is 16.7. The summed E-state index contributed by atoms with van der Waals surface area (Å²) in [5, 5.41) is 5.29. The first-order chi connectivity index (χ1) is 14.1. The van der Waals surface area contributed by atoms with Crippen LogP contribution < -0.4 is 10.6 Å². The maximum Gasteiger partial charge on any atom is 0.408 e. The van der Waals surface area contributed by atoms with E-state index in [9.17, 15) is 13.2 Å². The smallest absolute Gasteiger partial charge is 0.408 e. The molecular formula is C18H26Cl3N3O5S. The van der Waals surface area contributed by atoms with Gasteiger partial charge >= 0.3 is 6.09 Å². The first-order valence-electron chi connectivity index (χ1n) is 9.56. The molecule has 1 aliphatic heterocycles. The number of anilines is 1. The van der Waals surface area contributed by atoms with Crippen LogP contribution in [0, 0.1) is 0 Å². The number of alkyl halides is 3. The summed E-state index contributed by atoms with van der Waals surface area (Å²) in [5.74, 6) is 0. The second-order valence-electron chi connectivity index (χ2n) is 6.61. The van der Waals surface area contributed by atoms with Crippen molar-refractivity contribution in [2.45, 2.75) is 47.6 Å². The lowest BCUT2D eigenvalue weighted by atomic mass is 10.2. The average Bonchev–Trinajstić information content (AvgIpc) is 3.20. The number of halogens is 3. The van der Waals surface area contributed by atoms with Crippen molar-refractivity contribution in [1.82, 2.24) is 9.62 Å². The second-order valence-corrected chi connectivity index (χ2v) is 10.9. The Kier molecular flexibility index (Phi) is 9.32. The van der Waals surface area contributed by atoms with Crippen LogP contribution in [0.2, 0.25) is 0 Å². The molecule has 8 nitrogen and oxygen atoms in total. The van der Waals surface area contributed by atoms with Crippen molar-refractivity contribution in [2.24, 2.45) is 0 Å². The molecule has 1 heterocycles. The molecule has 1 aromatic carbocycles. The van der Waals surface area contributed by atoms with E-state index in [1.54, 1.807) is 26.0 Å². The topological polar surface area (TPSA) is 97.0 Å². The lowest BCUT2D eigenvalue weighted by Crippen LogP contribution is -2.49. The first-order valence-corrected chi connectivity index (χ1v) is 12.1. The van der Waals surface area contributed by atoms with E-state index in [-0.39, 0.29) is 17.6 Å². The molecule has 0 radical (unpaired) electrons. The normalized spacial score (nSPS) is 18.3. The van der Waals surface area contributed by atoms with Crippen LogP contribution in [-0.2, 0) is 19.5 Å². The van der Waals surface area contributed by atoms with Crippen LogP contribution in [0.25, 0.3) is 0 Å². The summed E-state index contributed by atoms with van der Waals surface area (Å²) in [7, 11) is -3.67. The third-order valence-electron chi connectivity index (χ3n) is 4.50. The third kappa shape index (κ3) is 7.03. The highest BCUT2D eigenvalue weighted by molar-refractivity contribution is 7.89. The fourth-order valence-corrected chi connectivity index (χ4v) is 4.76. The van der Waals surface area contributed by atoms with Gasteiger partial charge in [-0.1, -0.05) is 54.7 Å². The third-order valence-corrected chi connectivity index (χ3v) is 7.20. The molecule has 0 spiro atoms. The zero-order chi connectivity index (χ0) is 22.4. The number of nitrogens with one attached hydrogen (secondary N) is 2. The molecule has 170 valence electrons. The van der Waals surface area contributed by atoms with E-state index in [0.29, 0.717) is 25.4 Å². The first kappa shape index (κ1) is 25.3. The average molecular weight is 503 g/mol. The summed E-state index contributed by atoms with van der Waals surface area (Å²) >= 11 is 18.0. The molecule has 1 aliphatic rings. The molecule has 1 saturated heterocycles. The molecule has 0 bridgehead atoms. The Hall–Kier alpha value is -0.970. The van der Waals surface area contributed by atoms with E-state index in [1.807, 2.05) is 0 Å². The molecule has 1 fully saturated rings. The van der Waals surface area contributed by atoms with Gasteiger partial charge in [0.05, 0.1) is 11.0 Å². The molecule has 12 heteroatoms. The second kappa shape index (κ2) is 11.1. The fourth-order valence-electron chi connectivity index (χ4n) is 2.93. The Morgan fingerprint density at radius 2 is 2.03 bits per heavy atom. The maximum atomic E-state index is 12.7. The van der Waals surface area contributed by atoms with Crippen LogP contribution in [0.15, 0.2) is 29.2 Å².